The van der Waals surface area contributed by atoms with Crippen LogP contribution in [0, 0.1) is 0 Å². The Bertz CT molecular complexity index is 415. The van der Waals surface area contributed by atoms with Crippen molar-refractivity contribution in [1.82, 2.24) is 14.8 Å². The molecule has 0 amide bonds. The molecule has 0 unspecified atom stereocenters. The molecule has 3 rings (SSSR count). The first-order valence-corrected chi connectivity index (χ1v) is 7.96. The topological polar surface area (TPSA) is 39.3 Å². The van der Waals surface area contributed by atoms with Crippen LogP contribution in [0.2, 0.25) is 0 Å². The Morgan fingerprint density at radius 3 is 2.55 bits per heavy atom. The van der Waals surface area contributed by atoms with Gasteiger partial charge < -0.3 is 9.88 Å². The van der Waals surface area contributed by atoms with Gasteiger partial charge in [0, 0.05) is 25.3 Å². The van der Waals surface area contributed by atoms with Crippen LogP contribution in [-0.2, 0) is 0 Å². The highest BCUT2D eigenvalue weighted by Gasteiger charge is 2.26. The summed E-state index contributed by atoms with van der Waals surface area (Å²) in [5, 5.41) is 0. The molecule has 0 bridgehead atoms. The van der Waals surface area contributed by atoms with Gasteiger partial charge in [-0.2, -0.15) is 0 Å². The van der Waals surface area contributed by atoms with Crippen LogP contribution < -0.4 is 0 Å². The van der Waals surface area contributed by atoms with E-state index in [-0.39, 0.29) is 5.78 Å². The molecule has 0 saturated carbocycles. The van der Waals surface area contributed by atoms with Crippen molar-refractivity contribution in [2.45, 2.75) is 38.1 Å². The van der Waals surface area contributed by atoms with Crippen molar-refractivity contribution in [2.24, 2.45) is 0 Å². The molecule has 4 heteroatoms. The molecular formula is C16H25N3O. The second-order valence-electron chi connectivity index (χ2n) is 6.11. The molecule has 1 aromatic heterocycles. The normalized spacial score (nSPS) is 23.0. The summed E-state index contributed by atoms with van der Waals surface area (Å²) in [5.74, 6) is 0.214. The van der Waals surface area contributed by atoms with Crippen LogP contribution in [0.15, 0.2) is 18.3 Å². The Labute approximate surface area is 121 Å². The third kappa shape index (κ3) is 3.30. The molecule has 0 spiro atoms. The van der Waals surface area contributed by atoms with E-state index in [0.29, 0.717) is 6.54 Å². The molecule has 2 saturated heterocycles. The minimum atomic E-state index is 0.214. The Kier molecular flexibility index (Phi) is 4.53. The molecule has 2 aliphatic rings. The number of H-pyrrole nitrogens is 1. The number of carbonyl (C=O) groups is 1. The molecule has 2 aliphatic heterocycles. The molecule has 110 valence electrons. The number of carbonyl (C=O) groups excluding carboxylic acids is 1. The van der Waals surface area contributed by atoms with Gasteiger partial charge in [0.15, 0.2) is 5.78 Å². The summed E-state index contributed by atoms with van der Waals surface area (Å²) >= 11 is 0. The fourth-order valence-corrected chi connectivity index (χ4v) is 3.52. The van der Waals surface area contributed by atoms with Crippen molar-refractivity contribution in [3.05, 3.63) is 24.0 Å². The largest absolute Gasteiger partial charge is 0.359 e. The second kappa shape index (κ2) is 6.55. The zero-order valence-corrected chi connectivity index (χ0v) is 12.2. The maximum absolute atomic E-state index is 12.1. The average molecular weight is 275 g/mol. The summed E-state index contributed by atoms with van der Waals surface area (Å²) in [7, 11) is 0. The fraction of sp³-hybridized carbons (Fsp3) is 0.688. The van der Waals surface area contributed by atoms with E-state index in [1.165, 1.54) is 45.2 Å². The van der Waals surface area contributed by atoms with Crippen LogP contribution in [0.25, 0.3) is 0 Å². The van der Waals surface area contributed by atoms with Gasteiger partial charge in [-0.25, -0.2) is 0 Å². The fourth-order valence-electron chi connectivity index (χ4n) is 3.52. The number of ketones is 1. The molecule has 0 aromatic carbocycles. The first kappa shape index (κ1) is 13.8. The second-order valence-corrected chi connectivity index (χ2v) is 6.11. The average Bonchev–Trinajstić information content (AvgIpc) is 3.03. The minimum absolute atomic E-state index is 0.214. The molecule has 0 aliphatic carbocycles. The number of hydrogen-bond acceptors (Lipinski definition) is 3. The van der Waals surface area contributed by atoms with Gasteiger partial charge in [0.25, 0.3) is 0 Å². The van der Waals surface area contributed by atoms with Gasteiger partial charge >= 0.3 is 0 Å². The van der Waals surface area contributed by atoms with Crippen LogP contribution in [0.5, 0.6) is 0 Å². The van der Waals surface area contributed by atoms with E-state index in [9.17, 15) is 4.79 Å². The maximum atomic E-state index is 12.1. The summed E-state index contributed by atoms with van der Waals surface area (Å²) in [4.78, 5) is 20.1. The SMILES string of the molecule is O=C(CN1CCC(N2CCCCC2)CC1)c1ccc[nH]1. The van der Waals surface area contributed by atoms with Gasteiger partial charge in [0.2, 0.25) is 0 Å². The van der Waals surface area contributed by atoms with E-state index >= 15 is 0 Å². The Balaban J connectivity index is 1.45. The van der Waals surface area contributed by atoms with E-state index < -0.39 is 0 Å². The Hall–Kier alpha value is -1.13. The van der Waals surface area contributed by atoms with Crippen molar-refractivity contribution in [3.8, 4) is 0 Å². The van der Waals surface area contributed by atoms with E-state index in [1.54, 1.807) is 0 Å². The van der Waals surface area contributed by atoms with Crippen molar-refractivity contribution < 1.29 is 4.79 Å². The number of rotatable bonds is 4. The first-order chi connectivity index (χ1) is 9.83. The molecule has 3 heterocycles. The van der Waals surface area contributed by atoms with Gasteiger partial charge in [-0.05, 0) is 50.9 Å². The lowest BCUT2D eigenvalue weighted by Gasteiger charge is -2.40. The van der Waals surface area contributed by atoms with E-state index in [1.807, 2.05) is 18.3 Å². The summed E-state index contributed by atoms with van der Waals surface area (Å²) in [6.45, 7) is 5.26. The summed E-state index contributed by atoms with van der Waals surface area (Å²) < 4.78 is 0. The van der Waals surface area contributed by atoms with Crippen molar-refractivity contribution >= 4 is 5.78 Å². The van der Waals surface area contributed by atoms with E-state index in [4.69, 9.17) is 0 Å². The van der Waals surface area contributed by atoms with Crippen LogP contribution in [0.4, 0.5) is 0 Å². The third-order valence-corrected chi connectivity index (χ3v) is 4.73. The standard InChI is InChI=1S/C16H25N3O/c20-16(15-5-4-8-17-15)13-18-11-6-14(7-12-18)19-9-2-1-3-10-19/h4-5,8,14,17H,1-3,6-7,9-13H2. The quantitative estimate of drug-likeness (QED) is 0.856. The number of nitrogens with one attached hydrogen (secondary N) is 1. The number of nitrogens with zero attached hydrogens (tertiary/aromatic N) is 2. The van der Waals surface area contributed by atoms with E-state index in [2.05, 4.69) is 14.8 Å². The van der Waals surface area contributed by atoms with Crippen molar-refractivity contribution in [3.63, 3.8) is 0 Å². The number of likely N-dealkylation sites (tertiary alicyclic amines) is 2. The van der Waals surface area contributed by atoms with Gasteiger partial charge in [0.05, 0.1) is 12.2 Å². The summed E-state index contributed by atoms with van der Waals surface area (Å²) in [6, 6.07) is 4.51. The molecule has 1 aromatic rings. The number of hydrogen-bond donors (Lipinski definition) is 1. The lowest BCUT2D eigenvalue weighted by molar-refractivity contribution is 0.0772. The van der Waals surface area contributed by atoms with Gasteiger partial charge in [-0.1, -0.05) is 6.42 Å². The van der Waals surface area contributed by atoms with Crippen molar-refractivity contribution in [2.75, 3.05) is 32.7 Å². The molecule has 4 nitrogen and oxygen atoms in total. The van der Waals surface area contributed by atoms with Gasteiger partial charge in [-0.15, -0.1) is 0 Å². The molecular weight excluding hydrogens is 250 g/mol. The highest BCUT2D eigenvalue weighted by molar-refractivity contribution is 5.95. The third-order valence-electron chi connectivity index (χ3n) is 4.73. The number of aromatic amines is 1. The Morgan fingerprint density at radius 2 is 1.90 bits per heavy atom. The molecule has 0 radical (unpaired) electrons. The summed E-state index contributed by atoms with van der Waals surface area (Å²) in [6.07, 6.45) is 8.39. The zero-order valence-electron chi connectivity index (χ0n) is 12.2. The molecule has 20 heavy (non-hydrogen) atoms. The maximum Gasteiger partial charge on any atom is 0.192 e. The Morgan fingerprint density at radius 1 is 1.15 bits per heavy atom. The van der Waals surface area contributed by atoms with Crippen LogP contribution in [0.3, 0.4) is 0 Å². The van der Waals surface area contributed by atoms with Crippen LogP contribution in [0.1, 0.15) is 42.6 Å². The highest BCUT2D eigenvalue weighted by atomic mass is 16.1. The highest BCUT2D eigenvalue weighted by Crippen LogP contribution is 2.20. The minimum Gasteiger partial charge on any atom is -0.359 e. The first-order valence-electron chi connectivity index (χ1n) is 7.96. The molecule has 0 atom stereocenters. The summed E-state index contributed by atoms with van der Waals surface area (Å²) in [5.41, 5.74) is 0.739. The van der Waals surface area contributed by atoms with Crippen molar-refractivity contribution in [1.29, 1.82) is 0 Å². The smallest absolute Gasteiger partial charge is 0.192 e. The molecule has 2 fully saturated rings. The number of Topliss-reactive ketones (excluding diaryl/α,β-unsaturated/α-hetero) is 1. The van der Waals surface area contributed by atoms with Crippen LogP contribution >= 0.6 is 0 Å². The molecule has 1 N–H and O–H groups in total. The monoisotopic (exact) mass is 275 g/mol. The predicted octanol–water partition coefficient (Wildman–Crippen LogP) is 2.15. The number of aromatic nitrogens is 1. The predicted molar refractivity (Wildman–Crippen MR) is 80.0 cm³/mol. The number of piperidine rings is 2. The van der Waals surface area contributed by atoms with E-state index in [0.717, 1.165) is 24.8 Å². The lowest BCUT2D eigenvalue weighted by atomic mass is 9.99. The zero-order chi connectivity index (χ0) is 13.8. The van der Waals surface area contributed by atoms with Crippen LogP contribution in [-0.4, -0.2) is 59.3 Å². The van der Waals surface area contributed by atoms with Gasteiger partial charge in [0.1, 0.15) is 0 Å². The lowest BCUT2D eigenvalue weighted by Crippen LogP contribution is -2.47. The van der Waals surface area contributed by atoms with Gasteiger partial charge in [-0.3, -0.25) is 9.69 Å².